The van der Waals surface area contributed by atoms with Gasteiger partial charge in [-0.3, -0.25) is 9.59 Å². The summed E-state index contributed by atoms with van der Waals surface area (Å²) in [4.78, 5) is 25.3. The fourth-order valence-corrected chi connectivity index (χ4v) is 3.01. The van der Waals surface area contributed by atoms with Gasteiger partial charge in [0, 0.05) is 26.1 Å². The minimum Gasteiger partial charge on any atom is -0.368 e. The van der Waals surface area contributed by atoms with Gasteiger partial charge in [-0.15, -0.1) is 0 Å². The second-order valence-electron chi connectivity index (χ2n) is 5.42. The Bertz CT molecular complexity index is 313. The lowest BCUT2D eigenvalue weighted by atomic mass is 9.86. The number of carbonyl (C=O) groups is 2. The van der Waals surface area contributed by atoms with Crippen molar-refractivity contribution in [2.75, 3.05) is 19.6 Å². The van der Waals surface area contributed by atoms with E-state index >= 15 is 0 Å². The maximum absolute atomic E-state index is 12.3. The zero-order valence-electron chi connectivity index (χ0n) is 10.9. The third-order valence-corrected chi connectivity index (χ3v) is 4.08. The first-order valence-corrected chi connectivity index (χ1v) is 6.98. The molecule has 0 aromatic heterocycles. The Labute approximate surface area is 108 Å². The van der Waals surface area contributed by atoms with Crippen molar-refractivity contribution in [1.82, 2.24) is 10.2 Å². The Morgan fingerprint density at radius 2 is 1.94 bits per heavy atom. The van der Waals surface area contributed by atoms with Crippen LogP contribution in [0.25, 0.3) is 0 Å². The van der Waals surface area contributed by atoms with Crippen molar-refractivity contribution >= 4 is 11.8 Å². The van der Waals surface area contributed by atoms with Gasteiger partial charge in [0.2, 0.25) is 11.8 Å². The van der Waals surface area contributed by atoms with E-state index in [1.807, 2.05) is 0 Å². The molecule has 0 aromatic carbocycles. The van der Waals surface area contributed by atoms with E-state index in [4.69, 9.17) is 5.73 Å². The molecule has 0 spiro atoms. The van der Waals surface area contributed by atoms with Crippen LogP contribution in [0.3, 0.4) is 0 Å². The number of rotatable bonds is 3. The molecule has 2 aliphatic rings. The molecule has 1 saturated heterocycles. The highest BCUT2D eigenvalue weighted by Crippen LogP contribution is 2.27. The molecule has 1 unspecified atom stereocenters. The van der Waals surface area contributed by atoms with Gasteiger partial charge in [-0.1, -0.05) is 19.3 Å². The van der Waals surface area contributed by atoms with Gasteiger partial charge in [-0.05, 0) is 18.8 Å². The van der Waals surface area contributed by atoms with E-state index in [1.54, 1.807) is 4.90 Å². The Kier molecular flexibility index (Phi) is 4.58. The van der Waals surface area contributed by atoms with E-state index in [1.165, 1.54) is 19.3 Å². The van der Waals surface area contributed by atoms with E-state index in [0.717, 1.165) is 19.4 Å². The summed E-state index contributed by atoms with van der Waals surface area (Å²) < 4.78 is 0. The summed E-state index contributed by atoms with van der Waals surface area (Å²) in [5.41, 5.74) is 5.36. The predicted molar refractivity (Wildman–Crippen MR) is 68.8 cm³/mol. The van der Waals surface area contributed by atoms with E-state index in [9.17, 15) is 9.59 Å². The van der Waals surface area contributed by atoms with Crippen LogP contribution in [0.5, 0.6) is 0 Å². The average Bonchev–Trinajstić information content (AvgIpc) is 2.40. The summed E-state index contributed by atoms with van der Waals surface area (Å²) in [6.07, 6.45) is 6.65. The Balaban J connectivity index is 1.91. The van der Waals surface area contributed by atoms with Gasteiger partial charge in [-0.2, -0.15) is 0 Å². The molecule has 1 atom stereocenters. The van der Waals surface area contributed by atoms with Crippen LogP contribution in [0, 0.1) is 5.92 Å². The largest absolute Gasteiger partial charge is 0.368 e. The van der Waals surface area contributed by atoms with Crippen LogP contribution >= 0.6 is 0 Å². The van der Waals surface area contributed by atoms with E-state index in [2.05, 4.69) is 5.32 Å². The molecule has 1 aliphatic heterocycles. The average molecular weight is 253 g/mol. The fraction of sp³-hybridized carbons (Fsp3) is 0.846. The topological polar surface area (TPSA) is 75.4 Å². The molecule has 5 nitrogen and oxygen atoms in total. The van der Waals surface area contributed by atoms with Crippen molar-refractivity contribution in [3.8, 4) is 0 Å². The van der Waals surface area contributed by atoms with Gasteiger partial charge in [0.15, 0.2) is 0 Å². The first-order chi connectivity index (χ1) is 8.68. The van der Waals surface area contributed by atoms with Gasteiger partial charge >= 0.3 is 0 Å². The fourth-order valence-electron chi connectivity index (χ4n) is 3.01. The van der Waals surface area contributed by atoms with Crippen molar-refractivity contribution < 1.29 is 9.59 Å². The monoisotopic (exact) mass is 253 g/mol. The number of primary amides is 1. The first kappa shape index (κ1) is 13.3. The number of amides is 2. The number of nitrogens with zero attached hydrogens (tertiary/aromatic N) is 1. The molecule has 2 rings (SSSR count). The standard InChI is InChI=1S/C13H23N3O2/c14-13(18)11-9-15-6-7-16(11)12(17)8-10-4-2-1-3-5-10/h10-11,15H,1-9H2,(H2,14,18). The highest BCUT2D eigenvalue weighted by atomic mass is 16.2. The van der Waals surface area contributed by atoms with Crippen LogP contribution in [0.2, 0.25) is 0 Å². The summed E-state index contributed by atoms with van der Waals surface area (Å²) in [7, 11) is 0. The Morgan fingerprint density at radius 1 is 1.22 bits per heavy atom. The van der Waals surface area contributed by atoms with Crippen molar-refractivity contribution in [1.29, 1.82) is 0 Å². The zero-order valence-corrected chi connectivity index (χ0v) is 10.9. The number of nitrogens with one attached hydrogen (secondary N) is 1. The molecule has 2 amide bonds. The maximum atomic E-state index is 12.3. The number of piperazine rings is 1. The maximum Gasteiger partial charge on any atom is 0.241 e. The van der Waals surface area contributed by atoms with E-state index in [0.29, 0.717) is 25.4 Å². The molecule has 102 valence electrons. The van der Waals surface area contributed by atoms with Crippen LogP contribution in [0.4, 0.5) is 0 Å². The number of hydrogen-bond donors (Lipinski definition) is 2. The van der Waals surface area contributed by atoms with Crippen molar-refractivity contribution in [2.45, 2.75) is 44.6 Å². The van der Waals surface area contributed by atoms with Gasteiger partial charge in [-0.25, -0.2) is 0 Å². The lowest BCUT2D eigenvalue weighted by Crippen LogP contribution is -2.58. The van der Waals surface area contributed by atoms with E-state index in [-0.39, 0.29) is 5.91 Å². The van der Waals surface area contributed by atoms with Gasteiger partial charge in [0.05, 0.1) is 0 Å². The lowest BCUT2D eigenvalue weighted by molar-refractivity contribution is -0.141. The van der Waals surface area contributed by atoms with Crippen molar-refractivity contribution in [2.24, 2.45) is 11.7 Å². The quantitative estimate of drug-likeness (QED) is 0.756. The molecule has 1 aliphatic carbocycles. The van der Waals surface area contributed by atoms with Crippen LogP contribution < -0.4 is 11.1 Å². The second-order valence-corrected chi connectivity index (χ2v) is 5.42. The molecule has 3 N–H and O–H groups in total. The van der Waals surface area contributed by atoms with Gasteiger partial charge in [0.1, 0.15) is 6.04 Å². The third-order valence-electron chi connectivity index (χ3n) is 4.08. The minimum absolute atomic E-state index is 0.104. The SMILES string of the molecule is NC(=O)C1CNCCN1C(=O)CC1CCCCC1. The van der Waals surface area contributed by atoms with Crippen LogP contribution in [-0.2, 0) is 9.59 Å². The van der Waals surface area contributed by atoms with Crippen LogP contribution in [0.1, 0.15) is 38.5 Å². The molecule has 1 heterocycles. The van der Waals surface area contributed by atoms with Crippen LogP contribution in [0.15, 0.2) is 0 Å². The molecule has 0 radical (unpaired) electrons. The smallest absolute Gasteiger partial charge is 0.241 e. The lowest BCUT2D eigenvalue weighted by Gasteiger charge is -2.35. The molecule has 5 heteroatoms. The van der Waals surface area contributed by atoms with Gasteiger partial charge < -0.3 is 16.0 Å². The first-order valence-electron chi connectivity index (χ1n) is 6.98. The summed E-state index contributed by atoms with van der Waals surface area (Å²) in [6.45, 7) is 1.84. The molecule has 0 bridgehead atoms. The predicted octanol–water partition coefficient (Wildman–Crippen LogP) is 0.242. The van der Waals surface area contributed by atoms with Crippen molar-refractivity contribution in [3.05, 3.63) is 0 Å². The summed E-state index contributed by atoms with van der Waals surface area (Å²) in [5, 5.41) is 3.11. The highest BCUT2D eigenvalue weighted by Gasteiger charge is 2.31. The molecule has 2 fully saturated rings. The summed E-state index contributed by atoms with van der Waals surface area (Å²) >= 11 is 0. The van der Waals surface area contributed by atoms with Gasteiger partial charge in [0.25, 0.3) is 0 Å². The summed E-state index contributed by atoms with van der Waals surface area (Å²) in [6, 6.07) is -0.463. The molecule has 1 saturated carbocycles. The molecule has 0 aromatic rings. The highest BCUT2D eigenvalue weighted by molar-refractivity contribution is 5.87. The molecular weight excluding hydrogens is 230 g/mol. The number of carbonyl (C=O) groups excluding carboxylic acids is 2. The van der Waals surface area contributed by atoms with E-state index < -0.39 is 11.9 Å². The normalized spacial score (nSPS) is 26.0. The third kappa shape index (κ3) is 3.22. The Morgan fingerprint density at radius 3 is 2.61 bits per heavy atom. The number of hydrogen-bond acceptors (Lipinski definition) is 3. The second kappa shape index (κ2) is 6.18. The van der Waals surface area contributed by atoms with Crippen molar-refractivity contribution in [3.63, 3.8) is 0 Å². The molecule has 18 heavy (non-hydrogen) atoms. The number of nitrogens with two attached hydrogens (primary N) is 1. The zero-order chi connectivity index (χ0) is 13.0. The van der Waals surface area contributed by atoms with Crippen LogP contribution in [-0.4, -0.2) is 42.4 Å². The summed E-state index contributed by atoms with van der Waals surface area (Å²) in [5.74, 6) is 0.209. The molecular formula is C13H23N3O2. The Hall–Kier alpha value is -1.10. The minimum atomic E-state index is -0.463.